The third-order valence-corrected chi connectivity index (χ3v) is 3.97. The largest absolute Gasteiger partial charge is 0.334 e. The molecular formula is C15H15ClN2OS. The van der Waals surface area contributed by atoms with Crippen LogP contribution in [-0.2, 0) is 11.3 Å². The third-order valence-electron chi connectivity index (χ3n) is 2.75. The maximum Gasteiger partial charge on any atom is 0.246 e. The molecule has 0 saturated carbocycles. The minimum Gasteiger partial charge on any atom is -0.334 e. The Morgan fingerprint density at radius 2 is 2.25 bits per heavy atom. The van der Waals surface area contributed by atoms with E-state index < -0.39 is 0 Å². The zero-order valence-corrected chi connectivity index (χ0v) is 12.7. The Kier molecular flexibility index (Phi) is 5.32. The molecular weight excluding hydrogens is 292 g/mol. The Bertz CT molecular complexity index is 595. The molecule has 5 heteroatoms. The Hall–Kier alpha value is -1.65. The second-order valence-electron chi connectivity index (χ2n) is 4.15. The molecule has 104 valence electrons. The highest BCUT2D eigenvalue weighted by Gasteiger charge is 2.10. The summed E-state index contributed by atoms with van der Waals surface area (Å²) in [5, 5.41) is 0. The maximum atomic E-state index is 12.1. The quantitative estimate of drug-likeness (QED) is 0.786. The SMILES string of the molecule is CCN(Cc1ccc(Cl)s1)C(=O)C=Cc1ccccn1. The first-order chi connectivity index (χ1) is 9.69. The zero-order chi connectivity index (χ0) is 14.4. The lowest BCUT2D eigenvalue weighted by molar-refractivity contribution is -0.126. The fourth-order valence-electron chi connectivity index (χ4n) is 1.71. The molecule has 0 spiro atoms. The minimum atomic E-state index is -0.0253. The van der Waals surface area contributed by atoms with Crippen LogP contribution >= 0.6 is 22.9 Å². The van der Waals surface area contributed by atoms with E-state index in [4.69, 9.17) is 11.6 Å². The molecule has 2 heterocycles. The summed E-state index contributed by atoms with van der Waals surface area (Å²) < 4.78 is 0.743. The van der Waals surface area contributed by atoms with Gasteiger partial charge in [-0.2, -0.15) is 0 Å². The van der Waals surface area contributed by atoms with Crippen molar-refractivity contribution in [3.63, 3.8) is 0 Å². The topological polar surface area (TPSA) is 33.2 Å². The smallest absolute Gasteiger partial charge is 0.246 e. The first kappa shape index (κ1) is 14.8. The summed E-state index contributed by atoms with van der Waals surface area (Å²) in [5.74, 6) is -0.0253. The van der Waals surface area contributed by atoms with Gasteiger partial charge in [0.15, 0.2) is 0 Å². The predicted octanol–water partition coefficient (Wildman–Crippen LogP) is 3.86. The number of likely N-dealkylation sites (N-methyl/N-ethyl adjacent to an activating group) is 1. The van der Waals surface area contributed by atoms with Crippen molar-refractivity contribution in [3.8, 4) is 0 Å². The molecule has 2 rings (SSSR count). The molecule has 2 aromatic rings. The number of pyridine rings is 1. The lowest BCUT2D eigenvalue weighted by Gasteiger charge is -2.18. The van der Waals surface area contributed by atoms with Gasteiger partial charge in [-0.05, 0) is 37.3 Å². The summed E-state index contributed by atoms with van der Waals surface area (Å²) in [6.07, 6.45) is 4.99. The summed E-state index contributed by atoms with van der Waals surface area (Å²) in [7, 11) is 0. The van der Waals surface area contributed by atoms with E-state index in [1.807, 2.05) is 37.3 Å². The Morgan fingerprint density at radius 3 is 2.85 bits per heavy atom. The van der Waals surface area contributed by atoms with Gasteiger partial charge in [-0.3, -0.25) is 9.78 Å². The number of halogens is 1. The van der Waals surface area contributed by atoms with Gasteiger partial charge in [0.05, 0.1) is 16.6 Å². The van der Waals surface area contributed by atoms with Crippen LogP contribution in [0.1, 0.15) is 17.5 Å². The monoisotopic (exact) mass is 306 g/mol. The molecule has 3 nitrogen and oxygen atoms in total. The van der Waals surface area contributed by atoms with E-state index in [-0.39, 0.29) is 5.91 Å². The molecule has 0 unspecified atom stereocenters. The molecule has 0 aliphatic rings. The summed E-state index contributed by atoms with van der Waals surface area (Å²) in [6.45, 7) is 3.20. The highest BCUT2D eigenvalue weighted by atomic mass is 35.5. The average molecular weight is 307 g/mol. The molecule has 0 aromatic carbocycles. The first-order valence-corrected chi connectivity index (χ1v) is 7.50. The summed E-state index contributed by atoms with van der Waals surface area (Å²) in [5.41, 5.74) is 0.774. The van der Waals surface area contributed by atoms with E-state index in [1.54, 1.807) is 23.2 Å². The lowest BCUT2D eigenvalue weighted by Crippen LogP contribution is -2.28. The van der Waals surface area contributed by atoms with Crippen LogP contribution in [0, 0.1) is 0 Å². The van der Waals surface area contributed by atoms with Gasteiger partial charge >= 0.3 is 0 Å². The molecule has 20 heavy (non-hydrogen) atoms. The second-order valence-corrected chi connectivity index (χ2v) is 5.95. The molecule has 0 saturated heterocycles. The normalized spacial score (nSPS) is 10.9. The number of hydrogen-bond donors (Lipinski definition) is 0. The summed E-state index contributed by atoms with van der Waals surface area (Å²) in [6, 6.07) is 9.40. The molecule has 0 radical (unpaired) electrons. The first-order valence-electron chi connectivity index (χ1n) is 6.31. The van der Waals surface area contributed by atoms with Crippen molar-refractivity contribution in [1.82, 2.24) is 9.88 Å². The van der Waals surface area contributed by atoms with Crippen LogP contribution in [-0.4, -0.2) is 22.3 Å². The van der Waals surface area contributed by atoms with Crippen LogP contribution in [0.25, 0.3) is 6.08 Å². The molecule has 2 aromatic heterocycles. The summed E-state index contributed by atoms with van der Waals surface area (Å²) >= 11 is 7.40. The van der Waals surface area contributed by atoms with E-state index >= 15 is 0 Å². The molecule has 0 aliphatic heterocycles. The van der Waals surface area contributed by atoms with E-state index in [1.165, 1.54) is 11.3 Å². The van der Waals surface area contributed by atoms with Crippen molar-refractivity contribution >= 4 is 34.9 Å². The number of nitrogens with zero attached hydrogens (tertiary/aromatic N) is 2. The van der Waals surface area contributed by atoms with E-state index in [0.717, 1.165) is 14.9 Å². The highest BCUT2D eigenvalue weighted by Crippen LogP contribution is 2.22. The number of amides is 1. The van der Waals surface area contributed by atoms with Crippen molar-refractivity contribution in [2.45, 2.75) is 13.5 Å². The van der Waals surface area contributed by atoms with Crippen molar-refractivity contribution in [3.05, 3.63) is 57.5 Å². The molecule has 0 fully saturated rings. The average Bonchev–Trinajstić information content (AvgIpc) is 2.88. The maximum absolute atomic E-state index is 12.1. The standard InChI is InChI=1S/C15H15ClN2OS/c1-2-18(11-13-7-8-14(16)20-13)15(19)9-6-12-5-3-4-10-17-12/h3-10H,2,11H2,1H3. The van der Waals surface area contributed by atoms with Crippen LogP contribution in [0.3, 0.4) is 0 Å². The van der Waals surface area contributed by atoms with Crippen LogP contribution in [0.15, 0.2) is 42.6 Å². The molecule has 0 atom stereocenters. The van der Waals surface area contributed by atoms with Crippen LogP contribution in [0.2, 0.25) is 4.34 Å². The van der Waals surface area contributed by atoms with Gasteiger partial charge in [0.25, 0.3) is 0 Å². The molecule has 0 N–H and O–H groups in total. The molecule has 0 aliphatic carbocycles. The van der Waals surface area contributed by atoms with Crippen molar-refractivity contribution in [2.24, 2.45) is 0 Å². The van der Waals surface area contributed by atoms with Gasteiger partial charge in [0.2, 0.25) is 5.91 Å². The number of aromatic nitrogens is 1. The Balaban J connectivity index is 2.00. The van der Waals surface area contributed by atoms with Crippen LogP contribution in [0.4, 0.5) is 0 Å². The van der Waals surface area contributed by atoms with Gasteiger partial charge in [-0.25, -0.2) is 0 Å². The minimum absolute atomic E-state index is 0.0253. The lowest BCUT2D eigenvalue weighted by atomic mass is 10.3. The van der Waals surface area contributed by atoms with Gasteiger partial charge < -0.3 is 4.90 Å². The zero-order valence-electron chi connectivity index (χ0n) is 11.1. The van der Waals surface area contributed by atoms with Gasteiger partial charge in [0.1, 0.15) is 0 Å². The highest BCUT2D eigenvalue weighted by molar-refractivity contribution is 7.16. The third kappa shape index (κ3) is 4.18. The van der Waals surface area contributed by atoms with Gasteiger partial charge in [-0.1, -0.05) is 17.7 Å². The van der Waals surface area contributed by atoms with Crippen LogP contribution < -0.4 is 0 Å². The Morgan fingerprint density at radius 1 is 1.40 bits per heavy atom. The molecule has 1 amide bonds. The second kappa shape index (κ2) is 7.22. The predicted molar refractivity (Wildman–Crippen MR) is 83.7 cm³/mol. The number of thiophene rings is 1. The number of rotatable bonds is 5. The van der Waals surface area contributed by atoms with E-state index in [0.29, 0.717) is 13.1 Å². The number of carbonyl (C=O) groups is 1. The molecule has 0 bridgehead atoms. The van der Waals surface area contributed by atoms with E-state index in [2.05, 4.69) is 4.98 Å². The van der Waals surface area contributed by atoms with Crippen molar-refractivity contribution < 1.29 is 4.79 Å². The van der Waals surface area contributed by atoms with Gasteiger partial charge in [0, 0.05) is 23.7 Å². The Labute approximate surface area is 127 Å². The van der Waals surface area contributed by atoms with Crippen molar-refractivity contribution in [1.29, 1.82) is 0 Å². The number of hydrogen-bond acceptors (Lipinski definition) is 3. The van der Waals surface area contributed by atoms with Crippen LogP contribution in [0.5, 0.6) is 0 Å². The number of carbonyl (C=O) groups excluding carboxylic acids is 1. The van der Waals surface area contributed by atoms with Crippen molar-refractivity contribution in [2.75, 3.05) is 6.54 Å². The van der Waals surface area contributed by atoms with E-state index in [9.17, 15) is 4.79 Å². The van der Waals surface area contributed by atoms with Gasteiger partial charge in [-0.15, -0.1) is 11.3 Å². The summed E-state index contributed by atoms with van der Waals surface area (Å²) in [4.78, 5) is 19.1. The fraction of sp³-hybridized carbons (Fsp3) is 0.200. The fourth-order valence-corrected chi connectivity index (χ4v) is 2.81.